The van der Waals surface area contributed by atoms with Gasteiger partial charge in [-0.2, -0.15) is 0 Å². The minimum atomic E-state index is -0.0419. The van der Waals surface area contributed by atoms with Crippen LogP contribution in [-0.4, -0.2) is 30.5 Å². The van der Waals surface area contributed by atoms with E-state index in [4.69, 9.17) is 16.3 Å². The largest absolute Gasteiger partial charge is 0.497 e. The van der Waals surface area contributed by atoms with Crippen LogP contribution in [0.3, 0.4) is 0 Å². The van der Waals surface area contributed by atoms with Crippen molar-refractivity contribution in [2.75, 3.05) is 13.7 Å². The number of nitrogens with zero attached hydrogens (tertiary/aromatic N) is 1. The smallest absolute Gasteiger partial charge is 0.222 e. The maximum absolute atomic E-state index is 14.3. The molecule has 5 heteroatoms. The maximum atomic E-state index is 14.3. The molecule has 1 unspecified atom stereocenters. The van der Waals surface area contributed by atoms with Crippen LogP contribution in [0.25, 0.3) is 0 Å². The number of methoxy groups -OCH3 is 1. The number of halogens is 2. The predicted octanol–water partition coefficient (Wildman–Crippen LogP) is 4.29. The Balaban J connectivity index is 1.74. The van der Waals surface area contributed by atoms with Crippen LogP contribution in [0.4, 0.5) is 4.39 Å². The minimum Gasteiger partial charge on any atom is -0.497 e. The number of rotatable bonds is 4. The Labute approximate surface area is 141 Å². The molecule has 0 N–H and O–H groups in total. The summed E-state index contributed by atoms with van der Waals surface area (Å²) in [6, 6.07) is 5.60. The number of amides is 1. The van der Waals surface area contributed by atoms with Crippen molar-refractivity contribution in [2.45, 2.75) is 44.6 Å². The van der Waals surface area contributed by atoms with Crippen LogP contribution in [0.5, 0.6) is 5.75 Å². The second-order valence-electron chi connectivity index (χ2n) is 6.23. The van der Waals surface area contributed by atoms with Crippen LogP contribution < -0.4 is 4.74 Å². The van der Waals surface area contributed by atoms with Crippen molar-refractivity contribution >= 4 is 17.5 Å². The normalized spacial score (nSPS) is 22.0. The van der Waals surface area contributed by atoms with Crippen LogP contribution >= 0.6 is 11.6 Å². The fourth-order valence-corrected chi connectivity index (χ4v) is 3.72. The van der Waals surface area contributed by atoms with E-state index in [1.165, 1.54) is 0 Å². The molecule has 124 valence electrons. The fourth-order valence-electron chi connectivity index (χ4n) is 3.48. The zero-order valence-electron chi connectivity index (χ0n) is 13.3. The third-order valence-electron chi connectivity index (χ3n) is 4.78. The Morgan fingerprint density at radius 1 is 1.39 bits per heavy atom. The molecule has 3 rings (SSSR count). The van der Waals surface area contributed by atoms with Gasteiger partial charge in [-0.1, -0.05) is 17.7 Å². The van der Waals surface area contributed by atoms with Gasteiger partial charge in [-0.15, -0.1) is 0 Å². The summed E-state index contributed by atoms with van der Waals surface area (Å²) in [4.78, 5) is 13.9. The van der Waals surface area contributed by atoms with Gasteiger partial charge in [-0.05, 0) is 49.0 Å². The van der Waals surface area contributed by atoms with Crippen molar-refractivity contribution in [3.8, 4) is 5.75 Å². The Hall–Kier alpha value is -1.55. The molecule has 1 aromatic carbocycles. The molecule has 0 radical (unpaired) electrons. The minimum absolute atomic E-state index is 0.0419. The van der Waals surface area contributed by atoms with E-state index in [2.05, 4.69) is 0 Å². The van der Waals surface area contributed by atoms with Crippen LogP contribution in [0, 0.1) is 0 Å². The van der Waals surface area contributed by atoms with E-state index in [0.29, 0.717) is 36.5 Å². The standard InChI is InChI=1S/C18H21ClFNO2/c1-23-15-6-4-12(16(19)11-15)9-13-10-14(5-7-17(13)20)21-8-2-3-18(21)22/h4,6,11,14H,2-3,5,7-10H2,1H3. The summed E-state index contributed by atoms with van der Waals surface area (Å²) in [5, 5.41) is 0.587. The molecule has 1 aromatic rings. The Morgan fingerprint density at radius 3 is 2.87 bits per heavy atom. The molecule has 1 fully saturated rings. The van der Waals surface area contributed by atoms with Crippen LogP contribution in [0.2, 0.25) is 5.02 Å². The van der Waals surface area contributed by atoms with Gasteiger partial charge in [-0.3, -0.25) is 4.79 Å². The van der Waals surface area contributed by atoms with Crippen molar-refractivity contribution in [3.63, 3.8) is 0 Å². The Morgan fingerprint density at radius 2 is 2.22 bits per heavy atom. The molecule has 1 atom stereocenters. The molecule has 2 aliphatic rings. The highest BCUT2D eigenvalue weighted by Gasteiger charge is 2.31. The first-order valence-electron chi connectivity index (χ1n) is 8.06. The van der Waals surface area contributed by atoms with Crippen molar-refractivity contribution < 1.29 is 13.9 Å². The molecule has 1 aliphatic carbocycles. The molecule has 0 bridgehead atoms. The van der Waals surface area contributed by atoms with Gasteiger partial charge in [0.05, 0.1) is 12.9 Å². The first kappa shape index (κ1) is 16.3. The number of likely N-dealkylation sites (tertiary alicyclic amines) is 1. The van der Waals surface area contributed by atoms with Gasteiger partial charge < -0.3 is 9.64 Å². The summed E-state index contributed by atoms with van der Waals surface area (Å²) in [6.07, 6.45) is 3.78. The van der Waals surface area contributed by atoms with E-state index in [1.54, 1.807) is 13.2 Å². The average Bonchev–Trinajstić information content (AvgIpc) is 2.97. The SMILES string of the molecule is COc1ccc(CC2=C(F)CCC(N3CCCC3=O)C2)c(Cl)c1. The van der Waals surface area contributed by atoms with Crippen molar-refractivity contribution in [2.24, 2.45) is 0 Å². The highest BCUT2D eigenvalue weighted by atomic mass is 35.5. The molecular formula is C18H21ClFNO2. The lowest BCUT2D eigenvalue weighted by Crippen LogP contribution is -2.38. The van der Waals surface area contributed by atoms with E-state index in [-0.39, 0.29) is 17.8 Å². The van der Waals surface area contributed by atoms with E-state index < -0.39 is 0 Å². The molecule has 1 amide bonds. The zero-order chi connectivity index (χ0) is 16.4. The van der Waals surface area contributed by atoms with Gasteiger partial charge in [0, 0.05) is 30.5 Å². The number of carbonyl (C=O) groups is 1. The summed E-state index contributed by atoms with van der Waals surface area (Å²) in [5.74, 6) is 0.858. The van der Waals surface area contributed by atoms with Gasteiger partial charge in [0.25, 0.3) is 0 Å². The second kappa shape index (κ2) is 6.91. The molecule has 3 nitrogen and oxygen atoms in total. The molecule has 1 aliphatic heterocycles. The van der Waals surface area contributed by atoms with Crippen LogP contribution in [-0.2, 0) is 11.2 Å². The predicted molar refractivity (Wildman–Crippen MR) is 88.4 cm³/mol. The first-order valence-corrected chi connectivity index (χ1v) is 8.44. The van der Waals surface area contributed by atoms with Gasteiger partial charge in [0.1, 0.15) is 5.75 Å². The highest BCUT2D eigenvalue weighted by Crippen LogP contribution is 2.34. The Bertz CT molecular complexity index is 644. The average molecular weight is 338 g/mol. The fraction of sp³-hybridized carbons (Fsp3) is 0.500. The zero-order valence-corrected chi connectivity index (χ0v) is 14.0. The number of hydrogen-bond acceptors (Lipinski definition) is 2. The molecule has 0 aromatic heterocycles. The van der Waals surface area contributed by atoms with Crippen molar-refractivity contribution in [3.05, 3.63) is 40.2 Å². The lowest BCUT2D eigenvalue weighted by atomic mass is 9.89. The van der Waals surface area contributed by atoms with Gasteiger partial charge >= 0.3 is 0 Å². The third-order valence-corrected chi connectivity index (χ3v) is 5.13. The number of allylic oxidation sites excluding steroid dienone is 1. The van der Waals surface area contributed by atoms with Crippen LogP contribution in [0.1, 0.15) is 37.7 Å². The number of benzene rings is 1. The quantitative estimate of drug-likeness (QED) is 0.820. The molecule has 1 heterocycles. The van der Waals surface area contributed by atoms with E-state index in [1.807, 2.05) is 17.0 Å². The lowest BCUT2D eigenvalue weighted by molar-refractivity contribution is -0.129. The highest BCUT2D eigenvalue weighted by molar-refractivity contribution is 6.31. The molecular weight excluding hydrogens is 317 g/mol. The summed E-state index contributed by atoms with van der Waals surface area (Å²) in [5.41, 5.74) is 1.67. The van der Waals surface area contributed by atoms with Crippen molar-refractivity contribution in [1.29, 1.82) is 0 Å². The van der Waals surface area contributed by atoms with Crippen LogP contribution in [0.15, 0.2) is 29.6 Å². The van der Waals surface area contributed by atoms with Gasteiger partial charge in [-0.25, -0.2) is 4.39 Å². The topological polar surface area (TPSA) is 29.5 Å². The summed E-state index contributed by atoms with van der Waals surface area (Å²) in [7, 11) is 1.59. The first-order chi connectivity index (χ1) is 11.1. The van der Waals surface area contributed by atoms with Crippen molar-refractivity contribution in [1.82, 2.24) is 4.90 Å². The number of hydrogen-bond donors (Lipinski definition) is 0. The Kier molecular flexibility index (Phi) is 4.90. The van der Waals surface area contributed by atoms with Gasteiger partial charge in [0.15, 0.2) is 0 Å². The summed E-state index contributed by atoms with van der Waals surface area (Å²) >= 11 is 6.27. The summed E-state index contributed by atoms with van der Waals surface area (Å²) < 4.78 is 19.4. The summed E-state index contributed by atoms with van der Waals surface area (Å²) in [6.45, 7) is 0.807. The number of carbonyl (C=O) groups excluding carboxylic acids is 1. The molecule has 0 saturated carbocycles. The number of ether oxygens (including phenoxy) is 1. The van der Waals surface area contributed by atoms with E-state index in [0.717, 1.165) is 30.5 Å². The molecule has 0 spiro atoms. The lowest BCUT2D eigenvalue weighted by Gasteiger charge is -2.32. The van der Waals surface area contributed by atoms with E-state index >= 15 is 0 Å². The molecule has 23 heavy (non-hydrogen) atoms. The van der Waals surface area contributed by atoms with Gasteiger partial charge in [0.2, 0.25) is 5.91 Å². The molecule has 1 saturated heterocycles. The third kappa shape index (κ3) is 3.52. The second-order valence-corrected chi connectivity index (χ2v) is 6.64. The van der Waals surface area contributed by atoms with E-state index in [9.17, 15) is 9.18 Å². The monoisotopic (exact) mass is 337 g/mol. The maximum Gasteiger partial charge on any atom is 0.222 e.